The Morgan fingerprint density at radius 1 is 1.19 bits per heavy atom. The predicted molar refractivity (Wildman–Crippen MR) is 109 cm³/mol. The first-order valence-electron chi connectivity index (χ1n) is 9.13. The highest BCUT2D eigenvalue weighted by molar-refractivity contribution is 5.84. The number of nitrogens with one attached hydrogen (secondary N) is 1. The molecule has 1 aromatic heterocycles. The zero-order valence-electron chi connectivity index (χ0n) is 15.8. The van der Waals surface area contributed by atoms with Gasteiger partial charge in [-0.2, -0.15) is 0 Å². The number of allylic oxidation sites excluding steroid dienone is 1. The summed E-state index contributed by atoms with van der Waals surface area (Å²) in [4.78, 5) is 16.6. The molecule has 0 saturated carbocycles. The number of likely N-dealkylation sites (N-methyl/N-ethyl adjacent to an activating group) is 1. The molecule has 2 heterocycles. The largest absolute Gasteiger partial charge is 0.361 e. The highest BCUT2D eigenvalue weighted by atomic mass is 16.6. The lowest BCUT2D eigenvalue weighted by atomic mass is 9.82. The third-order valence-corrected chi connectivity index (χ3v) is 5.67. The van der Waals surface area contributed by atoms with Crippen LogP contribution >= 0.6 is 0 Å². The first kappa shape index (κ1) is 17.3. The molecule has 5 heteroatoms. The average molecular weight is 361 g/mol. The van der Waals surface area contributed by atoms with Crippen molar-refractivity contribution in [3.63, 3.8) is 0 Å². The second kappa shape index (κ2) is 6.27. The van der Waals surface area contributed by atoms with Crippen molar-refractivity contribution in [2.24, 2.45) is 0 Å². The van der Waals surface area contributed by atoms with E-state index in [2.05, 4.69) is 41.9 Å². The monoisotopic (exact) mass is 361 g/mol. The van der Waals surface area contributed by atoms with Crippen LogP contribution < -0.4 is 4.90 Å². The number of nitro groups is 1. The lowest BCUT2D eigenvalue weighted by Crippen LogP contribution is -2.24. The highest BCUT2D eigenvalue weighted by Gasteiger charge is 2.39. The Bertz CT molecular complexity index is 1050. The fraction of sp³-hybridized carbons (Fsp3) is 0.273. The summed E-state index contributed by atoms with van der Waals surface area (Å²) in [6.45, 7) is 4.23. The summed E-state index contributed by atoms with van der Waals surface area (Å²) in [6.07, 6.45) is 3.99. The minimum atomic E-state index is -0.304. The van der Waals surface area contributed by atoms with Crippen molar-refractivity contribution in [2.75, 3.05) is 18.5 Å². The second-order valence-electron chi connectivity index (χ2n) is 7.66. The van der Waals surface area contributed by atoms with E-state index >= 15 is 0 Å². The molecule has 0 amide bonds. The van der Waals surface area contributed by atoms with Crippen LogP contribution in [0.25, 0.3) is 10.9 Å². The quantitative estimate of drug-likeness (QED) is 0.534. The maximum Gasteiger partial charge on any atom is 0.214 e. The third-order valence-electron chi connectivity index (χ3n) is 5.67. The van der Waals surface area contributed by atoms with E-state index in [4.69, 9.17) is 0 Å². The van der Waals surface area contributed by atoms with E-state index in [1.165, 1.54) is 5.56 Å². The topological polar surface area (TPSA) is 62.2 Å². The molecular weight excluding hydrogens is 338 g/mol. The summed E-state index contributed by atoms with van der Waals surface area (Å²) >= 11 is 0. The van der Waals surface area contributed by atoms with E-state index in [0.29, 0.717) is 0 Å². The maximum absolute atomic E-state index is 11.4. The summed E-state index contributed by atoms with van der Waals surface area (Å²) in [5.74, 6) is -0.304. The maximum atomic E-state index is 11.4. The fourth-order valence-corrected chi connectivity index (χ4v) is 4.29. The van der Waals surface area contributed by atoms with Crippen LogP contribution in [-0.2, 0) is 5.41 Å². The van der Waals surface area contributed by atoms with Crippen molar-refractivity contribution in [1.82, 2.24) is 4.98 Å². The molecule has 1 unspecified atom stereocenters. The highest BCUT2D eigenvalue weighted by Crippen LogP contribution is 2.47. The van der Waals surface area contributed by atoms with Gasteiger partial charge in [-0.3, -0.25) is 10.1 Å². The van der Waals surface area contributed by atoms with Crippen molar-refractivity contribution < 1.29 is 4.92 Å². The van der Waals surface area contributed by atoms with Crippen LogP contribution in [0.5, 0.6) is 0 Å². The number of para-hydroxylation sites is 2. The van der Waals surface area contributed by atoms with Gasteiger partial charge in [0.2, 0.25) is 6.54 Å². The number of nitrogens with zero attached hydrogens (tertiary/aromatic N) is 2. The Hall–Kier alpha value is -3.08. The fourth-order valence-electron chi connectivity index (χ4n) is 4.29. The van der Waals surface area contributed by atoms with Crippen LogP contribution in [0.2, 0.25) is 0 Å². The average Bonchev–Trinajstić information content (AvgIpc) is 3.15. The number of fused-ring (bicyclic) bond motifs is 2. The third kappa shape index (κ3) is 2.79. The van der Waals surface area contributed by atoms with Crippen molar-refractivity contribution in [2.45, 2.75) is 25.2 Å². The van der Waals surface area contributed by atoms with Crippen molar-refractivity contribution >= 4 is 16.6 Å². The number of hydrogen-bond acceptors (Lipinski definition) is 3. The zero-order valence-corrected chi connectivity index (χ0v) is 15.8. The van der Waals surface area contributed by atoms with E-state index in [1.807, 2.05) is 49.6 Å². The molecule has 1 aliphatic rings. The molecule has 4 rings (SSSR count). The Morgan fingerprint density at radius 3 is 2.63 bits per heavy atom. The summed E-state index contributed by atoms with van der Waals surface area (Å²) in [5.41, 5.74) is 5.27. The van der Waals surface area contributed by atoms with Crippen LogP contribution in [0.4, 0.5) is 5.69 Å². The summed E-state index contributed by atoms with van der Waals surface area (Å²) in [5, 5.41) is 12.5. The molecule has 2 aromatic carbocycles. The molecule has 138 valence electrons. The van der Waals surface area contributed by atoms with Gasteiger partial charge in [0.15, 0.2) is 0 Å². The number of benzene rings is 2. The first-order valence-corrected chi connectivity index (χ1v) is 9.13. The molecule has 5 nitrogen and oxygen atoms in total. The van der Waals surface area contributed by atoms with Gasteiger partial charge >= 0.3 is 0 Å². The molecule has 0 fully saturated rings. The number of aromatic nitrogens is 1. The van der Waals surface area contributed by atoms with Gasteiger partial charge in [-0.1, -0.05) is 50.2 Å². The van der Waals surface area contributed by atoms with Gasteiger partial charge in [0.1, 0.15) is 0 Å². The normalized spacial score (nSPS) is 18.0. The molecule has 0 radical (unpaired) electrons. The van der Waals surface area contributed by atoms with E-state index in [9.17, 15) is 10.1 Å². The van der Waals surface area contributed by atoms with Gasteiger partial charge in [0.05, 0.1) is 5.92 Å². The van der Waals surface area contributed by atoms with E-state index in [1.54, 1.807) is 0 Å². The van der Waals surface area contributed by atoms with Gasteiger partial charge in [-0.15, -0.1) is 0 Å². The summed E-state index contributed by atoms with van der Waals surface area (Å²) in [7, 11) is 2.04. The standard InChI is InChI=1S/C22H23N3O2/c1-22(2)18-9-5-7-11-20(18)24(3)21(22)12-15(14-25(26)27)17-13-23-19-10-6-4-8-16(17)19/h4-13,15,23H,14H2,1-3H3/b21-12-. The Balaban J connectivity index is 1.84. The van der Waals surface area contributed by atoms with Crippen LogP contribution in [0.3, 0.4) is 0 Å². The minimum absolute atomic E-state index is 0.133. The molecule has 0 spiro atoms. The molecule has 1 aliphatic heterocycles. The lowest BCUT2D eigenvalue weighted by molar-refractivity contribution is -0.481. The number of hydrogen-bond donors (Lipinski definition) is 1. The zero-order chi connectivity index (χ0) is 19.2. The number of H-pyrrole nitrogens is 1. The number of aromatic amines is 1. The van der Waals surface area contributed by atoms with Gasteiger partial charge in [0.25, 0.3) is 0 Å². The van der Waals surface area contributed by atoms with Gasteiger partial charge < -0.3 is 9.88 Å². The first-order chi connectivity index (χ1) is 12.9. The van der Waals surface area contributed by atoms with Gasteiger partial charge in [-0.25, -0.2) is 0 Å². The van der Waals surface area contributed by atoms with E-state index < -0.39 is 0 Å². The summed E-state index contributed by atoms with van der Waals surface area (Å²) in [6, 6.07) is 16.3. The van der Waals surface area contributed by atoms with Crippen molar-refractivity contribution in [3.05, 3.63) is 87.7 Å². The molecule has 3 aromatic rings. The van der Waals surface area contributed by atoms with Crippen molar-refractivity contribution in [1.29, 1.82) is 0 Å². The molecular formula is C22H23N3O2. The predicted octanol–water partition coefficient (Wildman–Crippen LogP) is 4.84. The van der Waals surface area contributed by atoms with Crippen LogP contribution in [0.15, 0.2) is 66.5 Å². The number of anilines is 1. The molecule has 0 saturated heterocycles. The van der Waals surface area contributed by atoms with E-state index in [0.717, 1.165) is 27.9 Å². The molecule has 1 N–H and O–H groups in total. The van der Waals surface area contributed by atoms with Crippen LogP contribution in [-0.4, -0.2) is 23.5 Å². The minimum Gasteiger partial charge on any atom is -0.361 e. The molecule has 0 aliphatic carbocycles. The Kier molecular flexibility index (Phi) is 4.02. The van der Waals surface area contributed by atoms with Gasteiger partial charge in [0, 0.05) is 45.9 Å². The summed E-state index contributed by atoms with van der Waals surface area (Å²) < 4.78 is 0. The SMILES string of the molecule is CN1/C(=C\C(C[N+](=O)[O-])c2c[nH]c3ccccc23)C(C)(C)c2ccccc21. The van der Waals surface area contributed by atoms with Crippen molar-refractivity contribution in [3.8, 4) is 0 Å². The smallest absolute Gasteiger partial charge is 0.214 e. The molecule has 1 atom stereocenters. The lowest BCUT2D eigenvalue weighted by Gasteiger charge is -2.25. The van der Waals surface area contributed by atoms with Crippen LogP contribution in [0.1, 0.15) is 30.9 Å². The second-order valence-corrected chi connectivity index (χ2v) is 7.66. The molecule has 27 heavy (non-hydrogen) atoms. The van der Waals surface area contributed by atoms with Crippen LogP contribution in [0, 0.1) is 10.1 Å². The van der Waals surface area contributed by atoms with Gasteiger partial charge in [-0.05, 0) is 29.3 Å². The molecule has 0 bridgehead atoms. The number of rotatable bonds is 4. The van der Waals surface area contributed by atoms with E-state index in [-0.39, 0.29) is 22.8 Å². The Morgan fingerprint density at radius 2 is 1.89 bits per heavy atom. The Labute approximate surface area is 158 Å².